The van der Waals surface area contributed by atoms with E-state index in [4.69, 9.17) is 5.11 Å². The van der Waals surface area contributed by atoms with E-state index in [1.807, 2.05) is 0 Å². The van der Waals surface area contributed by atoms with Crippen LogP contribution < -0.4 is 0 Å². The first kappa shape index (κ1) is 18.9. The van der Waals surface area contributed by atoms with Gasteiger partial charge in [0, 0.05) is 25.4 Å². The predicted octanol–water partition coefficient (Wildman–Crippen LogP) is 2.04. The number of amides is 1. The van der Waals surface area contributed by atoms with Gasteiger partial charge in [-0.2, -0.15) is 5.10 Å². The number of nitro groups is 1. The summed E-state index contributed by atoms with van der Waals surface area (Å²) >= 11 is 0. The van der Waals surface area contributed by atoms with Gasteiger partial charge in [0.2, 0.25) is 5.91 Å². The third-order valence-electron chi connectivity index (χ3n) is 4.70. The number of carbonyl (C=O) groups is 2. The maximum absolute atomic E-state index is 12.6. The number of carboxylic acids is 1. The highest BCUT2D eigenvalue weighted by Crippen LogP contribution is 2.24. The van der Waals surface area contributed by atoms with Crippen molar-refractivity contribution >= 4 is 17.6 Å². The Balaban J connectivity index is 2.00. The molecule has 0 saturated carbocycles. The summed E-state index contributed by atoms with van der Waals surface area (Å²) in [5.74, 6) is -0.904. The molecule has 1 aromatic heterocycles. The molecule has 1 amide bonds. The molecule has 1 aliphatic heterocycles. The lowest BCUT2D eigenvalue weighted by molar-refractivity contribution is -0.386. The molecule has 1 N–H and O–H groups in total. The maximum atomic E-state index is 12.6. The van der Waals surface area contributed by atoms with E-state index in [9.17, 15) is 19.7 Å². The minimum absolute atomic E-state index is 0.00948. The second kappa shape index (κ2) is 8.09. The van der Waals surface area contributed by atoms with Gasteiger partial charge in [-0.05, 0) is 39.5 Å². The van der Waals surface area contributed by atoms with Crippen LogP contribution in [0.4, 0.5) is 5.69 Å². The van der Waals surface area contributed by atoms with Crippen LogP contribution in [0.1, 0.15) is 49.9 Å². The van der Waals surface area contributed by atoms with Gasteiger partial charge in [-0.3, -0.25) is 24.4 Å². The fourth-order valence-corrected chi connectivity index (χ4v) is 3.43. The quantitative estimate of drug-likeness (QED) is 0.592. The summed E-state index contributed by atoms with van der Waals surface area (Å²) in [5, 5.41) is 24.0. The van der Waals surface area contributed by atoms with E-state index in [0.29, 0.717) is 24.4 Å². The highest BCUT2D eigenvalue weighted by atomic mass is 16.6. The molecule has 1 aliphatic rings. The number of aliphatic carboxylic acids is 1. The van der Waals surface area contributed by atoms with Gasteiger partial charge in [-0.1, -0.05) is 0 Å². The van der Waals surface area contributed by atoms with Gasteiger partial charge in [0.05, 0.1) is 11.5 Å². The van der Waals surface area contributed by atoms with Crippen LogP contribution in [0.15, 0.2) is 0 Å². The number of aromatic nitrogens is 2. The van der Waals surface area contributed by atoms with E-state index in [1.165, 1.54) is 4.68 Å². The Morgan fingerprint density at radius 1 is 1.32 bits per heavy atom. The highest BCUT2D eigenvalue weighted by Gasteiger charge is 2.27. The molecule has 1 unspecified atom stereocenters. The standard InChI is InChI=1S/C16H24N4O5/c1-11-16(20(24)25)12(2)19(17-11)10-8-14(21)18-9-4-3-5-13(18)6-7-15(22)23/h13H,3-10H2,1-2H3,(H,22,23). The van der Waals surface area contributed by atoms with E-state index >= 15 is 0 Å². The average Bonchev–Trinajstić information content (AvgIpc) is 2.84. The Hall–Kier alpha value is -2.45. The summed E-state index contributed by atoms with van der Waals surface area (Å²) < 4.78 is 1.50. The number of piperidine rings is 1. The smallest absolute Gasteiger partial charge is 0.312 e. The zero-order valence-corrected chi connectivity index (χ0v) is 14.6. The Labute approximate surface area is 145 Å². The van der Waals surface area contributed by atoms with E-state index in [2.05, 4.69) is 5.10 Å². The lowest BCUT2D eigenvalue weighted by Crippen LogP contribution is -2.44. The normalized spacial score (nSPS) is 17.5. The van der Waals surface area contributed by atoms with Crippen LogP contribution in [0.3, 0.4) is 0 Å². The van der Waals surface area contributed by atoms with Gasteiger partial charge in [-0.15, -0.1) is 0 Å². The van der Waals surface area contributed by atoms with Crippen molar-refractivity contribution in [3.8, 4) is 0 Å². The van der Waals surface area contributed by atoms with Gasteiger partial charge in [-0.25, -0.2) is 0 Å². The Morgan fingerprint density at radius 3 is 2.64 bits per heavy atom. The lowest BCUT2D eigenvalue weighted by atomic mass is 9.97. The predicted molar refractivity (Wildman–Crippen MR) is 89.2 cm³/mol. The molecule has 25 heavy (non-hydrogen) atoms. The molecule has 0 aliphatic carbocycles. The molecule has 1 atom stereocenters. The van der Waals surface area contributed by atoms with Crippen molar-refractivity contribution in [2.45, 2.75) is 65.0 Å². The van der Waals surface area contributed by atoms with E-state index in [1.54, 1.807) is 18.7 Å². The van der Waals surface area contributed by atoms with Gasteiger partial charge < -0.3 is 10.0 Å². The lowest BCUT2D eigenvalue weighted by Gasteiger charge is -2.35. The van der Waals surface area contributed by atoms with Crippen molar-refractivity contribution in [1.82, 2.24) is 14.7 Å². The molecular formula is C16H24N4O5. The van der Waals surface area contributed by atoms with Crippen molar-refractivity contribution in [1.29, 1.82) is 0 Å². The third kappa shape index (κ3) is 4.55. The molecule has 138 valence electrons. The van der Waals surface area contributed by atoms with Crippen LogP contribution in [-0.4, -0.2) is 49.2 Å². The van der Waals surface area contributed by atoms with Crippen LogP contribution in [0.5, 0.6) is 0 Å². The van der Waals surface area contributed by atoms with Crippen LogP contribution in [-0.2, 0) is 16.1 Å². The molecule has 1 saturated heterocycles. The topological polar surface area (TPSA) is 119 Å². The summed E-state index contributed by atoms with van der Waals surface area (Å²) in [5.41, 5.74) is 0.772. The number of nitrogens with zero attached hydrogens (tertiary/aromatic N) is 4. The van der Waals surface area contributed by atoms with Gasteiger partial charge >= 0.3 is 11.7 Å². The molecule has 0 radical (unpaired) electrons. The molecule has 0 bridgehead atoms. The zero-order valence-electron chi connectivity index (χ0n) is 14.6. The minimum atomic E-state index is -0.854. The third-order valence-corrected chi connectivity index (χ3v) is 4.70. The molecule has 9 heteroatoms. The molecule has 2 heterocycles. The van der Waals surface area contributed by atoms with Crippen molar-refractivity contribution in [3.63, 3.8) is 0 Å². The van der Waals surface area contributed by atoms with Crippen LogP contribution in [0.2, 0.25) is 0 Å². The number of likely N-dealkylation sites (tertiary alicyclic amines) is 1. The Bertz CT molecular complexity index is 670. The van der Waals surface area contributed by atoms with E-state index < -0.39 is 10.9 Å². The van der Waals surface area contributed by atoms with Crippen LogP contribution in [0.25, 0.3) is 0 Å². The number of hydrogen-bond acceptors (Lipinski definition) is 5. The highest BCUT2D eigenvalue weighted by molar-refractivity contribution is 5.76. The van der Waals surface area contributed by atoms with E-state index in [0.717, 1.165) is 19.3 Å². The Kier molecular flexibility index (Phi) is 6.11. The summed E-state index contributed by atoms with van der Waals surface area (Å²) in [6.07, 6.45) is 3.45. The molecular weight excluding hydrogens is 328 g/mol. The molecule has 2 rings (SSSR count). The van der Waals surface area contributed by atoms with Crippen LogP contribution in [0, 0.1) is 24.0 Å². The van der Waals surface area contributed by atoms with E-state index in [-0.39, 0.29) is 37.0 Å². The first-order chi connectivity index (χ1) is 11.8. The number of carbonyl (C=O) groups excluding carboxylic acids is 1. The van der Waals surface area contributed by atoms with Gasteiger partial charge in [0.1, 0.15) is 11.4 Å². The number of rotatable bonds is 7. The molecule has 1 aromatic rings. The molecule has 9 nitrogen and oxygen atoms in total. The zero-order chi connectivity index (χ0) is 18.6. The summed E-state index contributed by atoms with van der Waals surface area (Å²) in [4.78, 5) is 35.7. The van der Waals surface area contributed by atoms with Gasteiger partial charge in [0.15, 0.2) is 0 Å². The average molecular weight is 352 g/mol. The first-order valence-corrected chi connectivity index (χ1v) is 8.51. The molecule has 0 aromatic carbocycles. The van der Waals surface area contributed by atoms with Crippen molar-refractivity contribution in [2.75, 3.05) is 6.54 Å². The fourth-order valence-electron chi connectivity index (χ4n) is 3.43. The van der Waals surface area contributed by atoms with Crippen molar-refractivity contribution in [3.05, 3.63) is 21.5 Å². The summed E-state index contributed by atoms with van der Waals surface area (Å²) in [7, 11) is 0. The maximum Gasteiger partial charge on any atom is 0.312 e. The Morgan fingerprint density at radius 2 is 2.04 bits per heavy atom. The summed E-state index contributed by atoms with van der Waals surface area (Å²) in [6.45, 7) is 4.12. The monoisotopic (exact) mass is 352 g/mol. The first-order valence-electron chi connectivity index (χ1n) is 8.51. The fraction of sp³-hybridized carbons (Fsp3) is 0.688. The largest absolute Gasteiger partial charge is 0.481 e. The number of carboxylic acid groups (broad SMARTS) is 1. The number of hydrogen-bond donors (Lipinski definition) is 1. The second-order valence-corrected chi connectivity index (χ2v) is 6.42. The minimum Gasteiger partial charge on any atom is -0.481 e. The van der Waals surface area contributed by atoms with Crippen molar-refractivity contribution in [2.24, 2.45) is 0 Å². The van der Waals surface area contributed by atoms with Crippen molar-refractivity contribution < 1.29 is 19.6 Å². The molecule has 0 spiro atoms. The number of aryl methyl sites for hydroxylation is 2. The van der Waals surface area contributed by atoms with Gasteiger partial charge in [0.25, 0.3) is 0 Å². The second-order valence-electron chi connectivity index (χ2n) is 6.42. The SMILES string of the molecule is Cc1nn(CCC(=O)N2CCCCC2CCC(=O)O)c(C)c1[N+](=O)[O-]. The summed E-state index contributed by atoms with van der Waals surface area (Å²) in [6, 6.07) is -0.0351. The van der Waals surface area contributed by atoms with Crippen LogP contribution >= 0.6 is 0 Å². The molecule has 1 fully saturated rings.